The molecule has 0 saturated heterocycles. The summed E-state index contributed by atoms with van der Waals surface area (Å²) in [5, 5.41) is 0. The number of rotatable bonds is 5. The highest BCUT2D eigenvalue weighted by Crippen LogP contribution is 2.16. The number of terminal acetylenes is 1. The fourth-order valence-corrected chi connectivity index (χ4v) is 1.25. The molecule has 0 aromatic heterocycles. The second kappa shape index (κ2) is 6.54. The number of hydrogen-bond donors (Lipinski definition) is 0. The summed E-state index contributed by atoms with van der Waals surface area (Å²) in [6.45, 7) is 12.2. The minimum Gasteiger partial charge on any atom is -0.120 e. The van der Waals surface area contributed by atoms with Crippen molar-refractivity contribution in [2.45, 2.75) is 33.1 Å². The molecular weight excluding hydrogens is 156 g/mol. The molecule has 0 heteroatoms. The molecule has 0 saturated carbocycles. The first-order chi connectivity index (χ1) is 6.06. The van der Waals surface area contributed by atoms with Gasteiger partial charge in [0.1, 0.15) is 0 Å². The van der Waals surface area contributed by atoms with Crippen molar-refractivity contribution in [3.63, 3.8) is 0 Å². The van der Waals surface area contributed by atoms with Crippen molar-refractivity contribution in [1.29, 1.82) is 0 Å². The maximum absolute atomic E-state index is 5.17. The third-order valence-electron chi connectivity index (χ3n) is 1.74. The first kappa shape index (κ1) is 12.0. The maximum atomic E-state index is 5.17. The largest absolute Gasteiger partial charge is 0.120 e. The van der Waals surface area contributed by atoms with Gasteiger partial charge in [-0.05, 0) is 39.5 Å². The summed E-state index contributed by atoms with van der Waals surface area (Å²) in [6.07, 6.45) is 10.0. The van der Waals surface area contributed by atoms with E-state index >= 15 is 0 Å². The van der Waals surface area contributed by atoms with Crippen LogP contribution in [0, 0.1) is 25.2 Å². The van der Waals surface area contributed by atoms with Gasteiger partial charge in [-0.25, -0.2) is 0 Å². The predicted molar refractivity (Wildman–Crippen MR) is 60.1 cm³/mol. The zero-order chi connectivity index (χ0) is 10.3. The van der Waals surface area contributed by atoms with E-state index < -0.39 is 0 Å². The lowest BCUT2D eigenvalue weighted by molar-refractivity contribution is 0.750. The fourth-order valence-electron chi connectivity index (χ4n) is 1.25. The molecule has 0 aliphatic rings. The van der Waals surface area contributed by atoms with Gasteiger partial charge >= 0.3 is 0 Å². The van der Waals surface area contributed by atoms with E-state index in [9.17, 15) is 0 Å². The molecule has 13 heavy (non-hydrogen) atoms. The average molecular weight is 175 g/mol. The Hall–Kier alpha value is -0.960. The zero-order valence-electron chi connectivity index (χ0n) is 8.77. The average Bonchev–Trinajstić information content (AvgIpc) is 1.98. The van der Waals surface area contributed by atoms with Crippen LogP contribution < -0.4 is 0 Å². The van der Waals surface area contributed by atoms with Gasteiger partial charge < -0.3 is 0 Å². The molecule has 0 aliphatic heterocycles. The molecule has 0 N–H and O–H groups in total. The fraction of sp³-hybridized carbons (Fsp3) is 0.462. The standard InChI is InChI=1S/C13H19/c1-6-7-8-12(4)10-13(5)9-11(2)3/h1,9,13H,4-5,7-8,10H2,2-3H3. The summed E-state index contributed by atoms with van der Waals surface area (Å²) in [5.74, 6) is 2.96. The number of hydrogen-bond acceptors (Lipinski definition) is 0. The Morgan fingerprint density at radius 3 is 2.62 bits per heavy atom. The van der Waals surface area contributed by atoms with Crippen LogP contribution in [0.5, 0.6) is 0 Å². The van der Waals surface area contributed by atoms with Crippen LogP contribution in [-0.4, -0.2) is 0 Å². The van der Waals surface area contributed by atoms with Crippen molar-refractivity contribution in [2.75, 3.05) is 0 Å². The van der Waals surface area contributed by atoms with E-state index in [4.69, 9.17) is 6.42 Å². The SMILES string of the molecule is C#CCCC(=C)CC([CH2])C=C(C)C. The lowest BCUT2D eigenvalue weighted by Gasteiger charge is -2.08. The van der Waals surface area contributed by atoms with E-state index in [-0.39, 0.29) is 0 Å². The van der Waals surface area contributed by atoms with Crippen molar-refractivity contribution >= 4 is 0 Å². The highest BCUT2D eigenvalue weighted by atomic mass is 14.1. The first-order valence-electron chi connectivity index (χ1n) is 4.64. The van der Waals surface area contributed by atoms with Crippen molar-refractivity contribution in [3.05, 3.63) is 30.7 Å². The van der Waals surface area contributed by atoms with Gasteiger partial charge in [0, 0.05) is 6.42 Å². The second-order valence-corrected chi connectivity index (χ2v) is 3.66. The van der Waals surface area contributed by atoms with E-state index in [1.165, 1.54) is 11.1 Å². The molecule has 1 radical (unpaired) electrons. The zero-order valence-corrected chi connectivity index (χ0v) is 8.77. The topological polar surface area (TPSA) is 0 Å². The van der Waals surface area contributed by atoms with Crippen molar-refractivity contribution < 1.29 is 0 Å². The quantitative estimate of drug-likeness (QED) is 0.441. The van der Waals surface area contributed by atoms with Gasteiger partial charge in [0.15, 0.2) is 0 Å². The van der Waals surface area contributed by atoms with E-state index in [1.807, 2.05) is 0 Å². The van der Waals surface area contributed by atoms with E-state index in [0.29, 0.717) is 5.92 Å². The van der Waals surface area contributed by atoms with E-state index in [0.717, 1.165) is 19.3 Å². The summed E-state index contributed by atoms with van der Waals surface area (Å²) in [4.78, 5) is 0. The van der Waals surface area contributed by atoms with Gasteiger partial charge in [0.25, 0.3) is 0 Å². The van der Waals surface area contributed by atoms with Gasteiger partial charge in [-0.3, -0.25) is 0 Å². The molecule has 0 nitrogen and oxygen atoms in total. The highest BCUT2D eigenvalue weighted by molar-refractivity contribution is 5.06. The smallest absolute Gasteiger partial charge is 0.0123 e. The maximum Gasteiger partial charge on any atom is 0.0123 e. The third-order valence-corrected chi connectivity index (χ3v) is 1.74. The lowest BCUT2D eigenvalue weighted by atomic mass is 9.97. The van der Waals surface area contributed by atoms with Gasteiger partial charge in [0.2, 0.25) is 0 Å². The molecule has 0 amide bonds. The van der Waals surface area contributed by atoms with Crippen LogP contribution in [-0.2, 0) is 0 Å². The minimum absolute atomic E-state index is 0.343. The van der Waals surface area contributed by atoms with E-state index in [1.54, 1.807) is 0 Å². The molecule has 0 spiro atoms. The van der Waals surface area contributed by atoms with E-state index in [2.05, 4.69) is 39.3 Å². The summed E-state index contributed by atoms with van der Waals surface area (Å²) in [7, 11) is 0. The summed E-state index contributed by atoms with van der Waals surface area (Å²) in [6, 6.07) is 0. The molecule has 1 atom stereocenters. The van der Waals surface area contributed by atoms with Crippen LogP contribution in [0.2, 0.25) is 0 Å². The van der Waals surface area contributed by atoms with Crippen LogP contribution in [0.4, 0.5) is 0 Å². The van der Waals surface area contributed by atoms with Crippen LogP contribution in [0.3, 0.4) is 0 Å². The monoisotopic (exact) mass is 175 g/mol. The Morgan fingerprint density at radius 1 is 1.54 bits per heavy atom. The summed E-state index contributed by atoms with van der Waals surface area (Å²) >= 11 is 0. The summed E-state index contributed by atoms with van der Waals surface area (Å²) < 4.78 is 0. The molecule has 0 aromatic carbocycles. The second-order valence-electron chi connectivity index (χ2n) is 3.66. The van der Waals surface area contributed by atoms with Crippen LogP contribution in [0.1, 0.15) is 33.1 Å². The molecule has 71 valence electrons. The van der Waals surface area contributed by atoms with Crippen LogP contribution >= 0.6 is 0 Å². The van der Waals surface area contributed by atoms with Crippen LogP contribution in [0.25, 0.3) is 0 Å². The Morgan fingerprint density at radius 2 is 2.15 bits per heavy atom. The van der Waals surface area contributed by atoms with Crippen molar-refractivity contribution in [3.8, 4) is 12.3 Å². The van der Waals surface area contributed by atoms with Gasteiger partial charge in [-0.1, -0.05) is 23.8 Å². The summed E-state index contributed by atoms with van der Waals surface area (Å²) in [5.41, 5.74) is 2.51. The molecule has 0 bridgehead atoms. The Balaban J connectivity index is 3.80. The number of allylic oxidation sites excluding steroid dienone is 3. The van der Waals surface area contributed by atoms with Crippen molar-refractivity contribution in [2.24, 2.45) is 5.92 Å². The van der Waals surface area contributed by atoms with Gasteiger partial charge in [-0.15, -0.1) is 12.3 Å². The molecule has 0 aliphatic carbocycles. The molecule has 1 unspecified atom stereocenters. The Bertz CT molecular complexity index is 221. The van der Waals surface area contributed by atoms with Crippen molar-refractivity contribution in [1.82, 2.24) is 0 Å². The molecule has 0 aromatic rings. The molecule has 0 rings (SSSR count). The molecule has 0 fully saturated rings. The predicted octanol–water partition coefficient (Wildman–Crippen LogP) is 3.76. The third kappa shape index (κ3) is 7.40. The Kier molecular flexibility index (Phi) is 6.06. The lowest BCUT2D eigenvalue weighted by Crippen LogP contribution is -1.93. The Labute approximate surface area is 82.7 Å². The first-order valence-corrected chi connectivity index (χ1v) is 4.64. The molecular formula is C13H19. The normalized spacial score (nSPS) is 11.5. The highest BCUT2D eigenvalue weighted by Gasteiger charge is 2.00. The minimum atomic E-state index is 0.343. The van der Waals surface area contributed by atoms with Crippen LogP contribution in [0.15, 0.2) is 23.8 Å². The van der Waals surface area contributed by atoms with Gasteiger partial charge in [0.05, 0.1) is 0 Å². The van der Waals surface area contributed by atoms with Gasteiger partial charge in [-0.2, -0.15) is 0 Å². The molecule has 0 heterocycles.